The molecule has 0 aromatic heterocycles. The Hall–Kier alpha value is -0.820. The van der Waals surface area contributed by atoms with Crippen molar-refractivity contribution in [3.63, 3.8) is 0 Å². The highest BCUT2D eigenvalue weighted by atomic mass is 32.2. The normalized spacial score (nSPS) is 26.8. The predicted molar refractivity (Wildman–Crippen MR) is 91.4 cm³/mol. The molecule has 0 N–H and O–H groups in total. The van der Waals surface area contributed by atoms with Crippen molar-refractivity contribution in [1.29, 1.82) is 0 Å². The Balaban J connectivity index is 2.12. The van der Waals surface area contributed by atoms with E-state index in [4.69, 9.17) is 0 Å². The Morgan fingerprint density at radius 2 is 1.56 bits per heavy atom. The Morgan fingerprint density at radius 1 is 0.960 bits per heavy atom. The molecule has 1 heterocycles. The molecule has 0 aromatic rings. The first kappa shape index (κ1) is 19.0. The molecule has 0 amide bonds. The summed E-state index contributed by atoms with van der Waals surface area (Å²) >= 11 is 0. The van der Waals surface area contributed by atoms with Gasteiger partial charge in [0.15, 0.2) is 0 Å². The number of allylic oxidation sites excluding steroid dienone is 1. The van der Waals surface area contributed by atoms with Gasteiger partial charge in [0.2, 0.25) is 0 Å². The zero-order chi connectivity index (χ0) is 18.2. The van der Waals surface area contributed by atoms with Crippen LogP contribution < -0.4 is 0 Å². The van der Waals surface area contributed by atoms with Gasteiger partial charge in [-0.05, 0) is 74.5 Å². The predicted octanol–water partition coefficient (Wildman–Crippen LogP) is 5.06. The molecule has 0 unspecified atom stereocenters. The Labute approximate surface area is 148 Å². The van der Waals surface area contributed by atoms with Gasteiger partial charge in [-0.3, -0.25) is 0 Å². The van der Waals surface area contributed by atoms with Gasteiger partial charge < -0.3 is 0 Å². The van der Waals surface area contributed by atoms with E-state index in [9.17, 15) is 21.6 Å². The molecule has 0 bridgehead atoms. The quantitative estimate of drug-likeness (QED) is 0.674. The van der Waals surface area contributed by atoms with Crippen molar-refractivity contribution in [2.75, 3.05) is 6.54 Å². The molecule has 1 saturated carbocycles. The van der Waals surface area contributed by atoms with Gasteiger partial charge in [0.1, 0.15) is 0 Å². The van der Waals surface area contributed by atoms with Crippen LogP contribution in [0.2, 0.25) is 0 Å². The number of sulfonamides is 1. The van der Waals surface area contributed by atoms with Crippen molar-refractivity contribution >= 4 is 10.0 Å². The molecule has 142 valence electrons. The zero-order valence-corrected chi connectivity index (χ0v) is 15.5. The summed E-state index contributed by atoms with van der Waals surface area (Å²) in [6.45, 7) is 1.68. The highest BCUT2D eigenvalue weighted by Crippen LogP contribution is 2.44. The van der Waals surface area contributed by atoms with Gasteiger partial charge >= 0.3 is 15.5 Å². The van der Waals surface area contributed by atoms with E-state index in [2.05, 4.69) is 0 Å². The lowest BCUT2D eigenvalue weighted by Gasteiger charge is -2.42. The zero-order valence-electron chi connectivity index (χ0n) is 14.7. The monoisotopic (exact) mass is 377 g/mol. The second-order valence-electron chi connectivity index (χ2n) is 7.27. The summed E-state index contributed by atoms with van der Waals surface area (Å²) in [7, 11) is -5.32. The summed E-state index contributed by atoms with van der Waals surface area (Å²) in [6.07, 6.45) is 8.97. The molecule has 3 aliphatic rings. The van der Waals surface area contributed by atoms with Gasteiger partial charge in [0.25, 0.3) is 0 Å². The average molecular weight is 377 g/mol. The maximum Gasteiger partial charge on any atom is 0.511 e. The molecular weight excluding hydrogens is 351 g/mol. The van der Waals surface area contributed by atoms with Crippen LogP contribution in [0, 0.1) is 0 Å². The Morgan fingerprint density at radius 3 is 2.16 bits per heavy atom. The summed E-state index contributed by atoms with van der Waals surface area (Å²) in [4.78, 5) is 0. The molecule has 1 fully saturated rings. The average Bonchev–Trinajstić information content (AvgIpc) is 2.60. The SMILES string of the molecule is CC[C@@H]1C2=C(CCCC2)C(=C2CCCCC2)CN1S(=O)(=O)C(F)(F)F. The van der Waals surface area contributed by atoms with E-state index in [1.54, 1.807) is 6.92 Å². The smallest absolute Gasteiger partial charge is 0.203 e. The molecule has 0 aromatic carbocycles. The van der Waals surface area contributed by atoms with Crippen LogP contribution in [-0.2, 0) is 10.0 Å². The maximum absolute atomic E-state index is 13.3. The van der Waals surface area contributed by atoms with Crippen molar-refractivity contribution in [3.8, 4) is 0 Å². The standard InChI is InChI=1S/C18H26F3NO2S/c1-2-17-15-11-7-6-10-14(15)16(13-8-4-3-5-9-13)12-22(17)25(23,24)18(19,20)21/h17H,2-12H2,1H3/t17-/m1/s1. The molecule has 3 rings (SSSR count). The fourth-order valence-corrected chi connectivity index (χ4v) is 5.79. The molecule has 2 aliphatic carbocycles. The van der Waals surface area contributed by atoms with Crippen LogP contribution in [0.4, 0.5) is 13.2 Å². The van der Waals surface area contributed by atoms with Crippen molar-refractivity contribution in [2.24, 2.45) is 0 Å². The fourth-order valence-electron chi connectivity index (χ4n) is 4.62. The van der Waals surface area contributed by atoms with Gasteiger partial charge in [0.05, 0.1) is 0 Å². The second kappa shape index (κ2) is 7.06. The first-order valence-electron chi connectivity index (χ1n) is 9.28. The molecule has 0 saturated heterocycles. The Bertz CT molecular complexity index is 684. The van der Waals surface area contributed by atoms with Gasteiger partial charge in [0, 0.05) is 12.6 Å². The van der Waals surface area contributed by atoms with E-state index in [-0.39, 0.29) is 6.54 Å². The molecule has 25 heavy (non-hydrogen) atoms. The van der Waals surface area contributed by atoms with Crippen LogP contribution in [0.5, 0.6) is 0 Å². The number of hydrogen-bond acceptors (Lipinski definition) is 2. The number of nitrogens with zero attached hydrogens (tertiary/aromatic N) is 1. The van der Waals surface area contributed by atoms with E-state index in [1.807, 2.05) is 0 Å². The van der Waals surface area contributed by atoms with E-state index in [0.717, 1.165) is 66.8 Å². The molecule has 1 atom stereocenters. The first-order chi connectivity index (χ1) is 11.8. The van der Waals surface area contributed by atoms with Crippen molar-refractivity contribution < 1.29 is 21.6 Å². The first-order valence-corrected chi connectivity index (χ1v) is 10.7. The van der Waals surface area contributed by atoms with Gasteiger partial charge in [-0.25, -0.2) is 8.42 Å². The highest BCUT2D eigenvalue weighted by Gasteiger charge is 2.53. The Kier molecular flexibility index (Phi) is 5.36. The summed E-state index contributed by atoms with van der Waals surface area (Å²) in [5.74, 6) is 0. The minimum Gasteiger partial charge on any atom is -0.203 e. The van der Waals surface area contributed by atoms with Crippen LogP contribution in [0.25, 0.3) is 0 Å². The lowest BCUT2D eigenvalue weighted by molar-refractivity contribution is -0.0496. The van der Waals surface area contributed by atoms with Crippen molar-refractivity contribution in [2.45, 2.75) is 82.7 Å². The molecule has 7 heteroatoms. The summed E-state index contributed by atoms with van der Waals surface area (Å²) in [5.41, 5.74) is -1.01. The molecular formula is C18H26F3NO2S. The second-order valence-corrected chi connectivity index (χ2v) is 9.16. The topological polar surface area (TPSA) is 37.4 Å². The molecule has 3 nitrogen and oxygen atoms in total. The number of rotatable bonds is 2. The third-order valence-corrected chi connectivity index (χ3v) is 7.40. The van der Waals surface area contributed by atoms with E-state index < -0.39 is 21.6 Å². The summed E-state index contributed by atoms with van der Waals surface area (Å²) in [5, 5.41) is 0. The van der Waals surface area contributed by atoms with Gasteiger partial charge in [-0.2, -0.15) is 17.5 Å². The minimum atomic E-state index is -5.32. The van der Waals surface area contributed by atoms with Crippen molar-refractivity contribution in [3.05, 3.63) is 22.3 Å². The third kappa shape index (κ3) is 3.42. The van der Waals surface area contributed by atoms with E-state index in [0.29, 0.717) is 12.8 Å². The van der Waals surface area contributed by atoms with Crippen molar-refractivity contribution in [1.82, 2.24) is 4.31 Å². The minimum absolute atomic E-state index is 0.103. The number of alkyl halides is 3. The summed E-state index contributed by atoms with van der Waals surface area (Å²) in [6, 6.07) is -0.644. The highest BCUT2D eigenvalue weighted by molar-refractivity contribution is 7.90. The molecule has 0 radical (unpaired) electrons. The lowest BCUT2D eigenvalue weighted by Crippen LogP contribution is -2.51. The van der Waals surface area contributed by atoms with E-state index in [1.165, 1.54) is 11.1 Å². The van der Waals surface area contributed by atoms with Gasteiger partial charge in [-0.15, -0.1) is 0 Å². The number of halogens is 3. The van der Waals surface area contributed by atoms with Crippen LogP contribution in [0.1, 0.15) is 71.1 Å². The third-order valence-electron chi connectivity index (χ3n) is 5.81. The van der Waals surface area contributed by atoms with Crippen LogP contribution in [0.3, 0.4) is 0 Å². The maximum atomic E-state index is 13.3. The number of hydrogen-bond donors (Lipinski definition) is 0. The van der Waals surface area contributed by atoms with Gasteiger partial charge in [-0.1, -0.05) is 18.9 Å². The fraction of sp³-hybridized carbons (Fsp3) is 0.778. The molecule has 0 spiro atoms. The largest absolute Gasteiger partial charge is 0.511 e. The van der Waals surface area contributed by atoms with Crippen LogP contribution >= 0.6 is 0 Å². The van der Waals surface area contributed by atoms with E-state index >= 15 is 0 Å². The van der Waals surface area contributed by atoms with Crippen LogP contribution in [-0.4, -0.2) is 30.8 Å². The molecule has 1 aliphatic heterocycles. The summed E-state index contributed by atoms with van der Waals surface area (Å²) < 4.78 is 65.0. The van der Waals surface area contributed by atoms with Crippen LogP contribution in [0.15, 0.2) is 22.3 Å². The lowest BCUT2D eigenvalue weighted by atomic mass is 9.77.